The minimum absolute atomic E-state index is 0.00358. The van der Waals surface area contributed by atoms with E-state index in [1.165, 1.54) is 4.31 Å². The Balaban J connectivity index is 1.53. The van der Waals surface area contributed by atoms with E-state index in [2.05, 4.69) is 16.0 Å². The number of rotatable bonds is 6. The van der Waals surface area contributed by atoms with Crippen molar-refractivity contribution in [2.24, 2.45) is 0 Å². The smallest absolute Gasteiger partial charge is 0.269 e. The summed E-state index contributed by atoms with van der Waals surface area (Å²) in [5.41, 5.74) is 2.14. The van der Waals surface area contributed by atoms with E-state index in [4.69, 9.17) is 0 Å². The Kier molecular flexibility index (Phi) is 5.56. The van der Waals surface area contributed by atoms with Gasteiger partial charge >= 0.3 is 0 Å². The summed E-state index contributed by atoms with van der Waals surface area (Å²) in [5, 5.41) is 4.38. The van der Waals surface area contributed by atoms with Crippen molar-refractivity contribution < 1.29 is 8.42 Å². The van der Waals surface area contributed by atoms with Gasteiger partial charge in [0.05, 0.1) is 12.2 Å². The van der Waals surface area contributed by atoms with Gasteiger partial charge in [0.1, 0.15) is 0 Å². The Morgan fingerprint density at radius 3 is 2.48 bits per heavy atom. The highest BCUT2D eigenvalue weighted by molar-refractivity contribution is 7.87. The molecule has 25 heavy (non-hydrogen) atoms. The van der Waals surface area contributed by atoms with Crippen LogP contribution in [0.2, 0.25) is 0 Å². The van der Waals surface area contributed by atoms with Crippen LogP contribution in [0.5, 0.6) is 0 Å². The molecule has 0 unspecified atom stereocenters. The molecule has 0 spiro atoms. The topological polar surface area (TPSA) is 67.2 Å². The fourth-order valence-electron chi connectivity index (χ4n) is 3.32. The summed E-state index contributed by atoms with van der Waals surface area (Å²) in [7, 11) is -1.86. The zero-order valence-corrected chi connectivity index (χ0v) is 15.6. The van der Waals surface area contributed by atoms with Crippen LogP contribution < -0.4 is 4.72 Å². The molecule has 1 N–H and O–H groups in total. The molecule has 1 heterocycles. The maximum Gasteiger partial charge on any atom is 0.279 e. The number of hydrogen-bond donors (Lipinski definition) is 1. The Hall–Kier alpha value is -1.70. The monoisotopic (exact) mass is 362 g/mol. The molecule has 0 saturated heterocycles. The summed E-state index contributed by atoms with van der Waals surface area (Å²) in [6, 6.07) is 10.00. The standard InChI is InChI=1S/C18H26N4O2S/c1-15-12-19-22(13-15)18-10-8-17(9-11-18)20-25(23,24)21(2)14-16-6-4-3-5-7-16/h3-7,12-13,17-18,20H,8-11,14H2,1-2H3. The number of aryl methyl sites for hydroxylation is 1. The van der Waals surface area contributed by atoms with E-state index >= 15 is 0 Å². The van der Waals surface area contributed by atoms with Crippen LogP contribution in [-0.4, -0.2) is 35.6 Å². The van der Waals surface area contributed by atoms with Crippen molar-refractivity contribution in [2.75, 3.05) is 7.05 Å². The molecular weight excluding hydrogens is 336 g/mol. The third-order valence-corrected chi connectivity index (χ3v) is 6.36. The number of nitrogens with zero attached hydrogens (tertiary/aromatic N) is 3. The Labute approximate surface area is 150 Å². The van der Waals surface area contributed by atoms with Gasteiger partial charge in [0.2, 0.25) is 0 Å². The quantitative estimate of drug-likeness (QED) is 0.859. The molecule has 1 aromatic heterocycles. The van der Waals surface area contributed by atoms with Crippen molar-refractivity contribution in [3.63, 3.8) is 0 Å². The lowest BCUT2D eigenvalue weighted by Gasteiger charge is -2.30. The molecule has 6 nitrogen and oxygen atoms in total. The van der Waals surface area contributed by atoms with Crippen LogP contribution in [-0.2, 0) is 16.8 Å². The second-order valence-corrected chi connectivity index (χ2v) is 8.68. The highest BCUT2D eigenvalue weighted by Gasteiger charge is 2.27. The molecule has 136 valence electrons. The van der Waals surface area contributed by atoms with Gasteiger partial charge in [0.25, 0.3) is 10.2 Å². The van der Waals surface area contributed by atoms with Gasteiger partial charge in [-0.25, -0.2) is 0 Å². The SMILES string of the molecule is Cc1cnn(C2CCC(NS(=O)(=O)N(C)Cc3ccccc3)CC2)c1. The first-order valence-corrected chi connectivity index (χ1v) is 10.2. The second kappa shape index (κ2) is 7.68. The zero-order chi connectivity index (χ0) is 17.9. The van der Waals surface area contributed by atoms with E-state index in [0.717, 1.165) is 36.8 Å². The average molecular weight is 362 g/mol. The van der Waals surface area contributed by atoms with Crippen LogP contribution in [0.3, 0.4) is 0 Å². The molecule has 1 saturated carbocycles. The molecule has 0 radical (unpaired) electrons. The maximum atomic E-state index is 12.6. The first kappa shape index (κ1) is 18.1. The van der Waals surface area contributed by atoms with Crippen molar-refractivity contribution >= 4 is 10.2 Å². The van der Waals surface area contributed by atoms with Crippen LogP contribution in [0.25, 0.3) is 0 Å². The molecule has 1 aliphatic carbocycles. The molecule has 1 aromatic carbocycles. The molecule has 0 aliphatic heterocycles. The van der Waals surface area contributed by atoms with E-state index in [1.54, 1.807) is 7.05 Å². The number of nitrogens with one attached hydrogen (secondary N) is 1. The van der Waals surface area contributed by atoms with Crippen molar-refractivity contribution in [1.82, 2.24) is 18.8 Å². The van der Waals surface area contributed by atoms with Crippen LogP contribution in [0.4, 0.5) is 0 Å². The molecule has 1 fully saturated rings. The minimum atomic E-state index is -3.48. The summed E-state index contributed by atoms with van der Waals surface area (Å²) in [6.07, 6.45) is 7.48. The van der Waals surface area contributed by atoms with Gasteiger partial charge in [0.15, 0.2) is 0 Å². The molecular formula is C18H26N4O2S. The highest BCUT2D eigenvalue weighted by Crippen LogP contribution is 2.28. The van der Waals surface area contributed by atoms with E-state index in [0.29, 0.717) is 12.6 Å². The normalized spacial score (nSPS) is 21.6. The average Bonchev–Trinajstić information content (AvgIpc) is 3.02. The summed E-state index contributed by atoms with van der Waals surface area (Å²) in [5.74, 6) is 0. The summed E-state index contributed by atoms with van der Waals surface area (Å²) < 4.78 is 31.4. The fraction of sp³-hybridized carbons (Fsp3) is 0.500. The van der Waals surface area contributed by atoms with Crippen molar-refractivity contribution in [2.45, 2.75) is 51.2 Å². The Morgan fingerprint density at radius 2 is 1.88 bits per heavy atom. The van der Waals surface area contributed by atoms with Gasteiger partial charge in [-0.1, -0.05) is 30.3 Å². The molecule has 0 bridgehead atoms. The fourth-order valence-corrected chi connectivity index (χ4v) is 4.47. The van der Waals surface area contributed by atoms with E-state index < -0.39 is 10.2 Å². The van der Waals surface area contributed by atoms with Crippen LogP contribution in [0, 0.1) is 6.92 Å². The first-order chi connectivity index (χ1) is 11.9. The summed E-state index contributed by atoms with van der Waals surface area (Å²) in [6.45, 7) is 2.41. The first-order valence-electron chi connectivity index (χ1n) is 8.72. The van der Waals surface area contributed by atoms with Crippen molar-refractivity contribution in [3.05, 3.63) is 53.9 Å². The number of hydrogen-bond acceptors (Lipinski definition) is 3. The molecule has 3 rings (SSSR count). The van der Waals surface area contributed by atoms with Crippen molar-refractivity contribution in [1.29, 1.82) is 0 Å². The zero-order valence-electron chi connectivity index (χ0n) is 14.8. The molecule has 7 heteroatoms. The lowest BCUT2D eigenvalue weighted by molar-refractivity contribution is 0.290. The Bertz CT molecular complexity index is 780. The van der Waals surface area contributed by atoms with Crippen molar-refractivity contribution in [3.8, 4) is 0 Å². The predicted octanol–water partition coefficient (Wildman–Crippen LogP) is 2.64. The highest BCUT2D eigenvalue weighted by atomic mass is 32.2. The Morgan fingerprint density at radius 1 is 1.20 bits per heavy atom. The number of aromatic nitrogens is 2. The molecule has 2 aromatic rings. The lowest BCUT2D eigenvalue weighted by Crippen LogP contribution is -2.44. The van der Waals surface area contributed by atoms with Gasteiger partial charge in [-0.2, -0.15) is 22.5 Å². The predicted molar refractivity (Wildman–Crippen MR) is 98.2 cm³/mol. The van der Waals surface area contributed by atoms with Gasteiger partial charge in [-0.3, -0.25) is 4.68 Å². The summed E-state index contributed by atoms with van der Waals surface area (Å²) >= 11 is 0. The van der Waals surface area contributed by atoms with Gasteiger partial charge in [-0.05, 0) is 43.7 Å². The van der Waals surface area contributed by atoms with E-state index in [-0.39, 0.29) is 6.04 Å². The molecule has 0 atom stereocenters. The van der Waals surface area contributed by atoms with Gasteiger partial charge in [-0.15, -0.1) is 0 Å². The molecule has 1 aliphatic rings. The number of benzene rings is 1. The van der Waals surface area contributed by atoms with Crippen LogP contribution in [0.15, 0.2) is 42.7 Å². The largest absolute Gasteiger partial charge is 0.279 e. The van der Waals surface area contributed by atoms with Crippen LogP contribution >= 0.6 is 0 Å². The second-order valence-electron chi connectivity index (χ2n) is 6.87. The van der Waals surface area contributed by atoms with E-state index in [1.807, 2.05) is 48.1 Å². The minimum Gasteiger partial charge on any atom is -0.269 e. The lowest BCUT2D eigenvalue weighted by atomic mass is 9.92. The summed E-state index contributed by atoms with van der Waals surface area (Å²) in [4.78, 5) is 0. The van der Waals surface area contributed by atoms with E-state index in [9.17, 15) is 8.42 Å². The van der Waals surface area contributed by atoms with Gasteiger partial charge in [0, 0.05) is 25.8 Å². The van der Waals surface area contributed by atoms with Crippen LogP contribution in [0.1, 0.15) is 42.9 Å². The third-order valence-electron chi connectivity index (χ3n) is 4.78. The maximum absolute atomic E-state index is 12.6. The van der Waals surface area contributed by atoms with Gasteiger partial charge < -0.3 is 0 Å². The third kappa shape index (κ3) is 4.68. The molecule has 0 amide bonds.